The minimum absolute atomic E-state index is 0.179. The van der Waals surface area contributed by atoms with Gasteiger partial charge >= 0.3 is 5.97 Å². The first-order chi connectivity index (χ1) is 18.0. The maximum absolute atomic E-state index is 13.1. The number of aromatic nitrogens is 2. The zero-order valence-electron chi connectivity index (χ0n) is 24.1. The first-order valence-corrected chi connectivity index (χ1v) is 14.0. The lowest BCUT2D eigenvalue weighted by Gasteiger charge is -2.20. The van der Waals surface area contributed by atoms with Crippen molar-refractivity contribution >= 4 is 39.1 Å². The number of aryl methyl sites for hydroxylation is 1. The van der Waals surface area contributed by atoms with Gasteiger partial charge < -0.3 is 10.1 Å². The maximum atomic E-state index is 13.1. The van der Waals surface area contributed by atoms with Gasteiger partial charge in [0.2, 0.25) is 0 Å². The number of anilines is 1. The molecule has 4 aromatic rings. The molecule has 204 valence electrons. The van der Waals surface area contributed by atoms with E-state index in [1.165, 1.54) is 17.8 Å². The smallest absolute Gasteiger partial charge is 0.359 e. The van der Waals surface area contributed by atoms with Crippen molar-refractivity contribution in [1.82, 2.24) is 9.55 Å². The zero-order valence-corrected chi connectivity index (χ0v) is 24.9. The highest BCUT2D eigenvalue weighted by molar-refractivity contribution is 7.20. The lowest BCUT2D eigenvalue weighted by Crippen LogP contribution is -2.26. The van der Waals surface area contributed by atoms with Gasteiger partial charge in [0.15, 0.2) is 11.5 Å². The summed E-state index contributed by atoms with van der Waals surface area (Å²) in [7, 11) is 0. The lowest BCUT2D eigenvalue weighted by molar-refractivity contribution is 0.00616. The minimum atomic E-state index is -0.691. The number of carbonyl (C=O) groups is 2. The van der Waals surface area contributed by atoms with Crippen LogP contribution < -0.4 is 5.32 Å². The summed E-state index contributed by atoms with van der Waals surface area (Å²) in [5, 5.41) is 3.82. The van der Waals surface area contributed by atoms with E-state index in [2.05, 4.69) is 31.1 Å². The molecule has 0 spiro atoms. The van der Waals surface area contributed by atoms with E-state index in [0.717, 1.165) is 21.7 Å². The second-order valence-corrected chi connectivity index (χ2v) is 11.0. The number of nitrogens with zero attached hydrogens (tertiary/aromatic N) is 2. The molecule has 1 amide bonds. The van der Waals surface area contributed by atoms with Crippen molar-refractivity contribution in [2.24, 2.45) is 5.92 Å². The fourth-order valence-electron chi connectivity index (χ4n) is 3.29. The van der Waals surface area contributed by atoms with Gasteiger partial charge in [-0.2, -0.15) is 0 Å². The number of imidazole rings is 1. The second kappa shape index (κ2) is 13.9. The number of hydrogen-bond acceptors (Lipinski definition) is 5. The molecule has 0 atom stereocenters. The highest BCUT2D eigenvalue weighted by Crippen LogP contribution is 2.28. The Hall–Kier alpha value is -3.45. The number of amides is 1. The van der Waals surface area contributed by atoms with Crippen LogP contribution in [0.2, 0.25) is 0 Å². The Bertz CT molecular complexity index is 1300. The van der Waals surface area contributed by atoms with Gasteiger partial charge in [-0.1, -0.05) is 77.4 Å². The SMILES string of the molecule is CC.CCC(C)C.Cc1nc(NC(=O)c2cc3ccccc3s2)c(C(=O)OC(C)(C)C)n1-c1ccccc1. The van der Waals surface area contributed by atoms with Crippen molar-refractivity contribution in [3.8, 4) is 5.69 Å². The van der Waals surface area contributed by atoms with E-state index < -0.39 is 11.6 Å². The molecule has 6 nitrogen and oxygen atoms in total. The zero-order chi connectivity index (χ0) is 28.5. The number of benzene rings is 2. The summed E-state index contributed by atoms with van der Waals surface area (Å²) < 4.78 is 8.35. The molecule has 0 bridgehead atoms. The van der Waals surface area contributed by atoms with Crippen LogP contribution in [0.1, 0.15) is 87.8 Å². The van der Waals surface area contributed by atoms with Crippen LogP contribution in [0.5, 0.6) is 0 Å². The molecule has 0 fully saturated rings. The van der Waals surface area contributed by atoms with Crippen LogP contribution >= 0.6 is 11.3 Å². The van der Waals surface area contributed by atoms with Gasteiger partial charge in [0.05, 0.1) is 4.88 Å². The van der Waals surface area contributed by atoms with Crippen LogP contribution in [-0.2, 0) is 4.74 Å². The van der Waals surface area contributed by atoms with Crippen LogP contribution in [-0.4, -0.2) is 27.0 Å². The van der Waals surface area contributed by atoms with Gasteiger partial charge in [-0.05, 0) is 63.3 Å². The first-order valence-electron chi connectivity index (χ1n) is 13.2. The van der Waals surface area contributed by atoms with Gasteiger partial charge in [-0.25, -0.2) is 9.78 Å². The topological polar surface area (TPSA) is 73.2 Å². The monoisotopic (exact) mass is 535 g/mol. The van der Waals surface area contributed by atoms with Gasteiger partial charge in [-0.15, -0.1) is 11.3 Å². The quantitative estimate of drug-likeness (QED) is 0.259. The standard InChI is InChI=1S/C24H23N3O3S.C5H12.C2H6/c1-15-25-21(26-22(28)19-14-16-10-8-9-13-18(16)31-19)20(23(29)30-24(2,3)4)27(15)17-11-6-5-7-12-17;1-4-5(2)3;1-2/h5-14H,1-4H3,(H,26,28);5H,4H2,1-3H3;1-2H3. The van der Waals surface area contributed by atoms with Crippen LogP contribution in [0.4, 0.5) is 5.82 Å². The Labute approximate surface area is 231 Å². The number of thiophene rings is 1. The Kier molecular flexibility index (Phi) is 11.3. The predicted octanol–water partition coefficient (Wildman–Crippen LogP) is 8.68. The minimum Gasteiger partial charge on any atom is -0.455 e. The van der Waals surface area contributed by atoms with E-state index in [0.29, 0.717) is 10.7 Å². The largest absolute Gasteiger partial charge is 0.455 e. The summed E-state index contributed by atoms with van der Waals surface area (Å²) in [6, 6.07) is 19.0. The van der Waals surface area contributed by atoms with Gasteiger partial charge in [0.1, 0.15) is 11.4 Å². The van der Waals surface area contributed by atoms with Crippen molar-refractivity contribution in [3.05, 3.63) is 77.1 Å². The molecule has 0 aliphatic carbocycles. The molecule has 2 heterocycles. The number of esters is 1. The number of hydrogen-bond donors (Lipinski definition) is 1. The number of ether oxygens (including phenoxy) is 1. The number of rotatable bonds is 5. The molecule has 0 unspecified atom stereocenters. The summed E-state index contributed by atoms with van der Waals surface area (Å²) in [5.74, 6) is 0.763. The van der Waals surface area contributed by atoms with E-state index in [4.69, 9.17) is 4.74 Å². The Balaban J connectivity index is 0.000000651. The van der Waals surface area contributed by atoms with Crippen LogP contribution in [0.25, 0.3) is 15.8 Å². The fourth-order valence-corrected chi connectivity index (χ4v) is 4.25. The van der Waals surface area contributed by atoms with Gasteiger partial charge in [0.25, 0.3) is 5.91 Å². The number of carbonyl (C=O) groups excluding carboxylic acids is 2. The molecule has 0 aliphatic heterocycles. The van der Waals surface area contributed by atoms with Crippen molar-refractivity contribution in [2.45, 2.75) is 74.3 Å². The molecule has 0 radical (unpaired) electrons. The molecule has 7 heteroatoms. The summed E-state index contributed by atoms with van der Waals surface area (Å²) in [4.78, 5) is 31.2. The Morgan fingerprint density at radius 3 is 2.16 bits per heavy atom. The molecule has 0 saturated carbocycles. The fraction of sp³-hybridized carbons (Fsp3) is 0.387. The number of para-hydroxylation sites is 1. The summed E-state index contributed by atoms with van der Waals surface area (Å²) >= 11 is 1.39. The second-order valence-electron chi connectivity index (χ2n) is 9.93. The van der Waals surface area contributed by atoms with Crippen molar-refractivity contribution in [2.75, 3.05) is 5.32 Å². The average Bonchev–Trinajstić information content (AvgIpc) is 3.46. The third-order valence-electron chi connectivity index (χ3n) is 5.35. The van der Waals surface area contributed by atoms with E-state index in [1.807, 2.05) is 74.5 Å². The van der Waals surface area contributed by atoms with E-state index in [1.54, 1.807) is 32.3 Å². The summed E-state index contributed by atoms with van der Waals surface area (Å²) in [6.45, 7) is 17.8. The van der Waals surface area contributed by atoms with Crippen LogP contribution in [0.3, 0.4) is 0 Å². The van der Waals surface area contributed by atoms with E-state index in [-0.39, 0.29) is 17.4 Å². The molecule has 0 aliphatic rings. The highest BCUT2D eigenvalue weighted by atomic mass is 32.1. The van der Waals surface area contributed by atoms with Crippen molar-refractivity contribution in [1.29, 1.82) is 0 Å². The summed E-state index contributed by atoms with van der Waals surface area (Å²) in [5.41, 5.74) is 0.257. The molecular formula is C31H41N3O3S. The lowest BCUT2D eigenvalue weighted by atomic mass is 10.2. The third kappa shape index (κ3) is 8.28. The maximum Gasteiger partial charge on any atom is 0.359 e. The van der Waals surface area contributed by atoms with Crippen molar-refractivity contribution < 1.29 is 14.3 Å². The Morgan fingerprint density at radius 2 is 1.61 bits per heavy atom. The van der Waals surface area contributed by atoms with Gasteiger partial charge in [-0.3, -0.25) is 9.36 Å². The molecule has 38 heavy (non-hydrogen) atoms. The van der Waals surface area contributed by atoms with E-state index >= 15 is 0 Å². The average molecular weight is 536 g/mol. The molecule has 1 N–H and O–H groups in total. The predicted molar refractivity (Wildman–Crippen MR) is 160 cm³/mol. The molecular weight excluding hydrogens is 494 g/mol. The van der Waals surface area contributed by atoms with Crippen LogP contribution in [0.15, 0.2) is 60.7 Å². The van der Waals surface area contributed by atoms with E-state index in [9.17, 15) is 9.59 Å². The number of fused-ring (bicyclic) bond motifs is 1. The van der Waals surface area contributed by atoms with Gasteiger partial charge in [0, 0.05) is 10.4 Å². The molecule has 2 aromatic carbocycles. The highest BCUT2D eigenvalue weighted by Gasteiger charge is 2.29. The van der Waals surface area contributed by atoms with Crippen molar-refractivity contribution in [3.63, 3.8) is 0 Å². The Morgan fingerprint density at radius 1 is 1.03 bits per heavy atom. The first kappa shape index (κ1) is 30.8. The number of nitrogens with one attached hydrogen (secondary N) is 1. The molecule has 2 aromatic heterocycles. The third-order valence-corrected chi connectivity index (χ3v) is 6.46. The summed E-state index contributed by atoms with van der Waals surface area (Å²) in [6.07, 6.45) is 1.31. The molecule has 4 rings (SSSR count). The molecule has 0 saturated heterocycles. The van der Waals surface area contributed by atoms with Crippen LogP contribution in [0, 0.1) is 12.8 Å². The normalized spacial score (nSPS) is 10.8.